The maximum Gasteiger partial charge on any atom is 0.262 e. The van der Waals surface area contributed by atoms with E-state index in [1.807, 2.05) is 97.9 Å². The number of hydrogen-bond donors (Lipinski definition) is 0. The molecule has 29 heavy (non-hydrogen) atoms. The molecule has 0 radical (unpaired) electrons. The highest BCUT2D eigenvalue weighted by Crippen LogP contribution is 2.35. The van der Waals surface area contributed by atoms with Crippen molar-refractivity contribution in [2.75, 3.05) is 11.5 Å². The lowest BCUT2D eigenvalue weighted by molar-refractivity contribution is -0.113. The van der Waals surface area contributed by atoms with Crippen LogP contribution in [0.1, 0.15) is 18.1 Å². The van der Waals surface area contributed by atoms with Gasteiger partial charge in [-0.15, -0.1) is 0 Å². The molecule has 1 amide bonds. The summed E-state index contributed by atoms with van der Waals surface area (Å²) in [5.74, 6) is 0.755. The van der Waals surface area contributed by atoms with E-state index in [-0.39, 0.29) is 5.91 Å². The zero-order valence-electron chi connectivity index (χ0n) is 16.0. The summed E-state index contributed by atoms with van der Waals surface area (Å²) in [6.45, 7) is 2.58. The number of hydrogen-bond acceptors (Lipinski definition) is 2. The molecule has 4 rings (SSSR count). The Morgan fingerprint density at radius 1 is 0.931 bits per heavy atom. The number of anilines is 1. The molecule has 0 N–H and O–H groups in total. The molecule has 3 aromatic carbocycles. The molecule has 0 saturated heterocycles. The molecule has 1 aliphatic heterocycles. The minimum Gasteiger partial charge on any atom is -0.494 e. The summed E-state index contributed by atoms with van der Waals surface area (Å²) < 4.78 is 5.49. The van der Waals surface area contributed by atoms with Gasteiger partial charge in [0.25, 0.3) is 5.91 Å². The molecular formula is C25H20ClNO2. The van der Waals surface area contributed by atoms with Crippen LogP contribution in [-0.2, 0) is 4.79 Å². The fraction of sp³-hybridized carbons (Fsp3) is 0.0800. The monoisotopic (exact) mass is 401 g/mol. The third-order valence-corrected chi connectivity index (χ3v) is 4.90. The van der Waals surface area contributed by atoms with Gasteiger partial charge in [0, 0.05) is 16.3 Å². The molecule has 4 heteroatoms. The second kappa shape index (κ2) is 8.38. The Hall–Kier alpha value is -3.30. The van der Waals surface area contributed by atoms with Gasteiger partial charge in [-0.25, -0.2) is 0 Å². The minimum atomic E-state index is -0.0602. The molecule has 0 aromatic heterocycles. The van der Waals surface area contributed by atoms with Gasteiger partial charge in [-0.05, 0) is 66.6 Å². The highest BCUT2D eigenvalue weighted by molar-refractivity contribution is 6.30. The molecule has 0 saturated carbocycles. The molecule has 144 valence electrons. The largest absolute Gasteiger partial charge is 0.494 e. The maximum atomic E-state index is 13.3. The maximum absolute atomic E-state index is 13.3. The van der Waals surface area contributed by atoms with E-state index < -0.39 is 0 Å². The van der Waals surface area contributed by atoms with Gasteiger partial charge in [-0.1, -0.05) is 54.1 Å². The predicted molar refractivity (Wildman–Crippen MR) is 119 cm³/mol. The Balaban J connectivity index is 1.75. The summed E-state index contributed by atoms with van der Waals surface area (Å²) in [5.41, 5.74) is 4.16. The van der Waals surface area contributed by atoms with E-state index in [0.717, 1.165) is 28.3 Å². The zero-order valence-corrected chi connectivity index (χ0v) is 16.8. The van der Waals surface area contributed by atoms with Gasteiger partial charge >= 0.3 is 0 Å². The quantitative estimate of drug-likeness (QED) is 0.475. The van der Waals surface area contributed by atoms with Crippen molar-refractivity contribution in [3.05, 3.63) is 107 Å². The summed E-state index contributed by atoms with van der Waals surface area (Å²) in [7, 11) is 0. The molecule has 0 aliphatic carbocycles. The summed E-state index contributed by atoms with van der Waals surface area (Å²) in [6, 6.07) is 24.9. The molecule has 0 fully saturated rings. The van der Waals surface area contributed by atoms with Crippen molar-refractivity contribution in [2.45, 2.75) is 6.92 Å². The Kier molecular flexibility index (Phi) is 5.50. The van der Waals surface area contributed by atoms with E-state index in [1.165, 1.54) is 0 Å². The molecule has 3 nitrogen and oxygen atoms in total. The normalized spacial score (nSPS) is 15.0. The molecular weight excluding hydrogens is 382 g/mol. The first-order valence-electron chi connectivity index (χ1n) is 9.47. The SMILES string of the molecule is CCOc1ccc(/C=C2\C=C(c3ccc(Cl)cc3)N(c3ccccc3)C2=O)cc1. The lowest BCUT2D eigenvalue weighted by Gasteiger charge is -2.20. The minimum absolute atomic E-state index is 0.0602. The summed E-state index contributed by atoms with van der Waals surface area (Å²) in [6.07, 6.45) is 3.83. The summed E-state index contributed by atoms with van der Waals surface area (Å²) in [4.78, 5) is 15.0. The highest BCUT2D eigenvalue weighted by Gasteiger charge is 2.30. The van der Waals surface area contributed by atoms with Gasteiger partial charge in [0.15, 0.2) is 0 Å². The number of ether oxygens (including phenoxy) is 1. The summed E-state index contributed by atoms with van der Waals surface area (Å²) in [5, 5.41) is 0.662. The van der Waals surface area contributed by atoms with E-state index in [2.05, 4.69) is 0 Å². The van der Waals surface area contributed by atoms with E-state index in [1.54, 1.807) is 4.90 Å². The van der Waals surface area contributed by atoms with Gasteiger partial charge in [0.2, 0.25) is 0 Å². The lowest BCUT2D eigenvalue weighted by atomic mass is 10.1. The average molecular weight is 402 g/mol. The third kappa shape index (κ3) is 4.10. The first-order valence-corrected chi connectivity index (χ1v) is 9.85. The number of carbonyl (C=O) groups excluding carboxylic acids is 1. The van der Waals surface area contributed by atoms with Crippen LogP contribution >= 0.6 is 11.6 Å². The zero-order chi connectivity index (χ0) is 20.2. The third-order valence-electron chi connectivity index (χ3n) is 4.65. The number of para-hydroxylation sites is 1. The Morgan fingerprint density at radius 2 is 1.62 bits per heavy atom. The number of rotatable bonds is 5. The smallest absolute Gasteiger partial charge is 0.262 e. The van der Waals surface area contributed by atoms with Crippen molar-refractivity contribution in [2.24, 2.45) is 0 Å². The number of nitrogens with zero attached hydrogens (tertiary/aromatic N) is 1. The fourth-order valence-corrected chi connectivity index (χ4v) is 3.41. The van der Waals surface area contributed by atoms with Gasteiger partial charge in [-0.2, -0.15) is 0 Å². The topological polar surface area (TPSA) is 29.5 Å². The van der Waals surface area contributed by atoms with Gasteiger partial charge in [0.05, 0.1) is 12.3 Å². The van der Waals surface area contributed by atoms with E-state index in [4.69, 9.17) is 16.3 Å². The number of benzene rings is 3. The van der Waals surface area contributed by atoms with E-state index >= 15 is 0 Å². The molecule has 1 heterocycles. The van der Waals surface area contributed by atoms with Crippen LogP contribution in [-0.4, -0.2) is 12.5 Å². The van der Waals surface area contributed by atoms with Crippen molar-refractivity contribution in [3.63, 3.8) is 0 Å². The molecule has 3 aromatic rings. The van der Waals surface area contributed by atoms with Crippen LogP contribution in [0.2, 0.25) is 5.02 Å². The second-order valence-electron chi connectivity index (χ2n) is 6.61. The van der Waals surface area contributed by atoms with Crippen LogP contribution in [0.5, 0.6) is 5.75 Å². The molecule has 0 unspecified atom stereocenters. The van der Waals surface area contributed by atoms with Crippen LogP contribution in [0.25, 0.3) is 11.8 Å². The van der Waals surface area contributed by atoms with Gasteiger partial charge in [0.1, 0.15) is 5.75 Å². The first-order chi connectivity index (χ1) is 14.2. The van der Waals surface area contributed by atoms with Crippen LogP contribution in [0.15, 0.2) is 90.5 Å². The fourth-order valence-electron chi connectivity index (χ4n) is 3.29. The first kappa shape index (κ1) is 19.0. The van der Waals surface area contributed by atoms with Crippen molar-refractivity contribution in [1.29, 1.82) is 0 Å². The van der Waals surface area contributed by atoms with Gasteiger partial charge in [-0.3, -0.25) is 9.69 Å². The lowest BCUT2D eigenvalue weighted by Crippen LogP contribution is -2.24. The second-order valence-corrected chi connectivity index (χ2v) is 7.05. The Bertz CT molecular complexity index is 1070. The average Bonchev–Trinajstić information content (AvgIpc) is 3.07. The Labute approximate surface area is 175 Å². The molecule has 0 spiro atoms. The van der Waals surface area contributed by atoms with Crippen molar-refractivity contribution in [3.8, 4) is 5.75 Å². The Morgan fingerprint density at radius 3 is 2.28 bits per heavy atom. The van der Waals surface area contributed by atoms with Crippen LogP contribution in [0, 0.1) is 0 Å². The molecule has 0 atom stereocenters. The molecule has 0 bridgehead atoms. The standard InChI is InChI=1S/C25H20ClNO2/c1-2-29-23-14-8-18(9-15-23)16-20-17-24(19-10-12-21(26)13-11-19)27(25(20)28)22-6-4-3-5-7-22/h3-17H,2H2,1H3/b20-16+. The van der Waals surface area contributed by atoms with Crippen LogP contribution in [0.3, 0.4) is 0 Å². The number of halogens is 1. The predicted octanol–water partition coefficient (Wildman–Crippen LogP) is 6.21. The van der Waals surface area contributed by atoms with Crippen molar-refractivity contribution in [1.82, 2.24) is 0 Å². The number of amides is 1. The molecule has 1 aliphatic rings. The van der Waals surface area contributed by atoms with Crippen LogP contribution < -0.4 is 9.64 Å². The van der Waals surface area contributed by atoms with Gasteiger partial charge < -0.3 is 4.74 Å². The van der Waals surface area contributed by atoms with Crippen LogP contribution in [0.4, 0.5) is 5.69 Å². The highest BCUT2D eigenvalue weighted by atomic mass is 35.5. The number of carbonyl (C=O) groups is 1. The van der Waals surface area contributed by atoms with E-state index in [9.17, 15) is 4.79 Å². The van der Waals surface area contributed by atoms with E-state index in [0.29, 0.717) is 17.2 Å². The van der Waals surface area contributed by atoms with Crippen molar-refractivity contribution < 1.29 is 9.53 Å². The van der Waals surface area contributed by atoms with Crippen molar-refractivity contribution >= 4 is 35.0 Å². The summed E-state index contributed by atoms with van der Waals surface area (Å²) >= 11 is 6.05.